The second kappa shape index (κ2) is 7.08. The van der Waals surface area contributed by atoms with E-state index in [4.69, 9.17) is 4.74 Å². The Morgan fingerprint density at radius 1 is 1.20 bits per heavy atom. The summed E-state index contributed by atoms with van der Waals surface area (Å²) in [5.74, 6) is -0.203. The number of carbonyl (C=O) groups is 1. The summed E-state index contributed by atoms with van der Waals surface area (Å²) >= 11 is 0. The summed E-state index contributed by atoms with van der Waals surface area (Å²) in [6, 6.07) is 10.3. The zero-order valence-electron chi connectivity index (χ0n) is 14.5. The Hall–Kier alpha value is -2.64. The third kappa shape index (κ3) is 3.42. The third-order valence-electron chi connectivity index (χ3n) is 4.14. The number of nitrogens with one attached hydrogen (secondary N) is 2. The van der Waals surface area contributed by atoms with Gasteiger partial charge in [0.1, 0.15) is 6.61 Å². The third-order valence-corrected chi connectivity index (χ3v) is 4.14. The lowest BCUT2D eigenvalue weighted by Gasteiger charge is -2.20. The van der Waals surface area contributed by atoms with Crippen LogP contribution in [0, 0.1) is 12.7 Å². The minimum atomic E-state index is -0.396. The maximum atomic E-state index is 14.0. The summed E-state index contributed by atoms with van der Waals surface area (Å²) in [4.78, 5) is 12.2. The molecule has 1 saturated heterocycles. The Kier molecular flexibility index (Phi) is 4.87. The molecule has 1 aliphatic heterocycles. The summed E-state index contributed by atoms with van der Waals surface area (Å²) < 4.78 is 19.7. The molecular weight excluding hydrogens is 323 g/mol. The topological polar surface area (TPSA) is 56.8 Å². The smallest absolute Gasteiger partial charge is 0.355 e. The van der Waals surface area contributed by atoms with Gasteiger partial charge in [0.25, 0.3) is 0 Å². The molecular formula is C18H21FN4O2. The summed E-state index contributed by atoms with van der Waals surface area (Å²) in [6.07, 6.45) is 0.772. The largest absolute Gasteiger partial charge is 0.486 e. The number of rotatable bonds is 5. The number of aryl methyl sites for hydroxylation is 2. The molecule has 1 fully saturated rings. The summed E-state index contributed by atoms with van der Waals surface area (Å²) in [5, 5.41) is 2.74. The molecule has 0 saturated carbocycles. The van der Waals surface area contributed by atoms with Gasteiger partial charge in [-0.3, -0.25) is 0 Å². The first-order chi connectivity index (χ1) is 12.0. The predicted molar refractivity (Wildman–Crippen MR) is 93.2 cm³/mol. The fourth-order valence-electron chi connectivity index (χ4n) is 2.74. The van der Waals surface area contributed by atoms with Crippen LogP contribution < -0.4 is 20.8 Å². The number of nitrogens with zero attached hydrogens (tertiary/aromatic N) is 2. The highest BCUT2D eigenvalue weighted by Crippen LogP contribution is 2.28. The zero-order valence-corrected chi connectivity index (χ0v) is 14.5. The molecule has 1 heterocycles. The van der Waals surface area contributed by atoms with Crippen molar-refractivity contribution in [3.05, 3.63) is 58.9 Å². The van der Waals surface area contributed by atoms with E-state index in [-0.39, 0.29) is 18.4 Å². The van der Waals surface area contributed by atoms with Crippen LogP contribution >= 0.6 is 0 Å². The molecule has 0 bridgehead atoms. The second-order valence-electron chi connectivity index (χ2n) is 5.89. The van der Waals surface area contributed by atoms with Gasteiger partial charge in [-0.15, -0.1) is 11.1 Å². The number of urea groups is 1. The molecule has 0 aromatic heterocycles. The molecule has 2 aromatic carbocycles. The van der Waals surface area contributed by atoms with E-state index in [1.165, 1.54) is 16.1 Å². The monoisotopic (exact) mass is 344 g/mol. The van der Waals surface area contributed by atoms with Crippen molar-refractivity contribution in [2.45, 2.75) is 26.9 Å². The highest BCUT2D eigenvalue weighted by molar-refractivity contribution is 5.93. The van der Waals surface area contributed by atoms with Crippen LogP contribution in [-0.2, 0) is 13.0 Å². The van der Waals surface area contributed by atoms with Crippen molar-refractivity contribution < 1.29 is 13.9 Å². The van der Waals surface area contributed by atoms with E-state index < -0.39 is 5.82 Å². The number of hydrogen-bond donors (Lipinski definition) is 2. The first-order valence-corrected chi connectivity index (χ1v) is 8.10. The molecule has 6 nitrogen and oxygen atoms in total. The number of hydrogen-bond acceptors (Lipinski definition) is 4. The van der Waals surface area contributed by atoms with Crippen LogP contribution in [0.25, 0.3) is 0 Å². The molecule has 0 aliphatic carbocycles. The van der Waals surface area contributed by atoms with Crippen LogP contribution in [0.1, 0.15) is 23.6 Å². The van der Waals surface area contributed by atoms with Crippen LogP contribution in [-0.4, -0.2) is 18.1 Å². The Labute approximate surface area is 146 Å². The van der Waals surface area contributed by atoms with Crippen molar-refractivity contribution in [2.75, 3.05) is 12.1 Å². The van der Waals surface area contributed by atoms with E-state index in [1.807, 2.05) is 32.0 Å². The van der Waals surface area contributed by atoms with Gasteiger partial charge in [0, 0.05) is 12.6 Å². The van der Waals surface area contributed by atoms with Crippen molar-refractivity contribution >= 4 is 11.7 Å². The summed E-state index contributed by atoms with van der Waals surface area (Å²) in [6.45, 7) is 4.01. The maximum Gasteiger partial charge on any atom is 0.355 e. The van der Waals surface area contributed by atoms with Crippen LogP contribution in [0.3, 0.4) is 0 Å². The molecule has 7 heteroatoms. The molecule has 0 atom stereocenters. The molecule has 0 spiro atoms. The van der Waals surface area contributed by atoms with Gasteiger partial charge in [-0.05, 0) is 42.7 Å². The fraction of sp³-hybridized carbons (Fsp3) is 0.278. The number of benzene rings is 2. The van der Waals surface area contributed by atoms with Crippen molar-refractivity contribution in [3.63, 3.8) is 0 Å². The van der Waals surface area contributed by atoms with Crippen molar-refractivity contribution in [2.24, 2.45) is 0 Å². The number of anilines is 1. The highest BCUT2D eigenvalue weighted by Gasteiger charge is 2.29. The normalized spacial score (nSPS) is 14.3. The van der Waals surface area contributed by atoms with Crippen molar-refractivity contribution in [1.29, 1.82) is 0 Å². The quantitative estimate of drug-likeness (QED) is 0.875. The van der Waals surface area contributed by atoms with Crippen LogP contribution in [0.2, 0.25) is 0 Å². The Balaban J connectivity index is 1.90. The van der Waals surface area contributed by atoms with Crippen LogP contribution in [0.4, 0.5) is 14.9 Å². The van der Waals surface area contributed by atoms with E-state index in [1.54, 1.807) is 19.2 Å². The van der Waals surface area contributed by atoms with E-state index in [9.17, 15) is 9.18 Å². The van der Waals surface area contributed by atoms with Crippen molar-refractivity contribution in [3.8, 4) is 5.75 Å². The lowest BCUT2D eigenvalue weighted by atomic mass is 10.0. The first kappa shape index (κ1) is 17.2. The van der Waals surface area contributed by atoms with Crippen molar-refractivity contribution in [1.82, 2.24) is 16.1 Å². The lowest BCUT2D eigenvalue weighted by molar-refractivity contribution is 0.214. The SMILES string of the molecule is CCc1cccc(N2NNN(C)C2=O)c1COc1ccc(C)cc1F. The minimum Gasteiger partial charge on any atom is -0.486 e. The number of amides is 2. The number of hydrazine groups is 3. The minimum absolute atomic E-state index is 0.161. The lowest BCUT2D eigenvalue weighted by Crippen LogP contribution is -2.38. The molecule has 2 N–H and O–H groups in total. The first-order valence-electron chi connectivity index (χ1n) is 8.10. The fourth-order valence-corrected chi connectivity index (χ4v) is 2.74. The molecule has 25 heavy (non-hydrogen) atoms. The van der Waals surface area contributed by atoms with E-state index in [0.717, 1.165) is 23.1 Å². The van der Waals surface area contributed by atoms with E-state index in [0.29, 0.717) is 5.69 Å². The Morgan fingerprint density at radius 2 is 2.00 bits per heavy atom. The number of ether oxygens (including phenoxy) is 1. The highest BCUT2D eigenvalue weighted by atomic mass is 19.1. The van der Waals surface area contributed by atoms with Gasteiger partial charge in [0.2, 0.25) is 0 Å². The second-order valence-corrected chi connectivity index (χ2v) is 5.89. The van der Waals surface area contributed by atoms with Gasteiger partial charge in [-0.1, -0.05) is 25.1 Å². The molecule has 2 amide bonds. The van der Waals surface area contributed by atoms with Gasteiger partial charge in [-0.25, -0.2) is 19.2 Å². The van der Waals surface area contributed by atoms with E-state index in [2.05, 4.69) is 11.1 Å². The number of carbonyl (C=O) groups excluding carboxylic acids is 1. The van der Waals surface area contributed by atoms with Crippen LogP contribution in [0.15, 0.2) is 36.4 Å². The molecule has 1 aliphatic rings. The molecule has 0 unspecified atom stereocenters. The standard InChI is InChI=1S/C18H21FN4O2/c1-4-13-6-5-7-16(23-18(24)22(3)20-21-23)14(13)11-25-17-9-8-12(2)10-15(17)19/h5-10,20-21H,4,11H2,1-3H3. The molecule has 132 valence electrons. The average Bonchev–Trinajstić information content (AvgIpc) is 2.93. The zero-order chi connectivity index (χ0) is 18.0. The maximum absolute atomic E-state index is 14.0. The predicted octanol–water partition coefficient (Wildman–Crippen LogP) is 3.07. The van der Waals surface area contributed by atoms with Gasteiger partial charge in [0.15, 0.2) is 11.6 Å². The molecule has 2 aromatic rings. The average molecular weight is 344 g/mol. The van der Waals surface area contributed by atoms with Gasteiger partial charge < -0.3 is 4.74 Å². The summed E-state index contributed by atoms with van der Waals surface area (Å²) in [7, 11) is 1.62. The van der Waals surface area contributed by atoms with Gasteiger partial charge in [-0.2, -0.15) is 0 Å². The Bertz CT molecular complexity index is 797. The van der Waals surface area contributed by atoms with Gasteiger partial charge >= 0.3 is 6.03 Å². The molecule has 3 rings (SSSR count). The van der Waals surface area contributed by atoms with Gasteiger partial charge in [0.05, 0.1) is 5.69 Å². The summed E-state index contributed by atoms with van der Waals surface area (Å²) in [5.41, 5.74) is 8.92. The number of halogens is 1. The van der Waals surface area contributed by atoms with E-state index >= 15 is 0 Å². The molecule has 0 radical (unpaired) electrons. The Morgan fingerprint density at radius 3 is 2.64 bits per heavy atom. The van der Waals surface area contributed by atoms with Crippen LogP contribution in [0.5, 0.6) is 5.75 Å².